The first-order chi connectivity index (χ1) is 6.68. The SMILES string of the molecule is CCC(CC)(CN)C(=O)OCC1CC1. The van der Waals surface area contributed by atoms with Crippen molar-refractivity contribution in [2.45, 2.75) is 39.5 Å². The van der Waals surface area contributed by atoms with Crippen molar-refractivity contribution in [2.24, 2.45) is 17.1 Å². The molecule has 0 spiro atoms. The van der Waals surface area contributed by atoms with Crippen LogP contribution in [0.25, 0.3) is 0 Å². The highest BCUT2D eigenvalue weighted by Gasteiger charge is 2.36. The van der Waals surface area contributed by atoms with Crippen LogP contribution in [-0.2, 0) is 9.53 Å². The van der Waals surface area contributed by atoms with Crippen LogP contribution in [0.4, 0.5) is 0 Å². The number of ether oxygens (including phenoxy) is 1. The van der Waals surface area contributed by atoms with Crippen molar-refractivity contribution in [3.05, 3.63) is 0 Å². The summed E-state index contributed by atoms with van der Waals surface area (Å²) in [5, 5.41) is 0. The van der Waals surface area contributed by atoms with Gasteiger partial charge in [-0.3, -0.25) is 4.79 Å². The van der Waals surface area contributed by atoms with Crippen LogP contribution in [0.1, 0.15) is 39.5 Å². The van der Waals surface area contributed by atoms with Crippen LogP contribution in [0, 0.1) is 11.3 Å². The number of nitrogens with two attached hydrogens (primary N) is 1. The summed E-state index contributed by atoms with van der Waals surface area (Å²) in [6.07, 6.45) is 3.95. The van der Waals surface area contributed by atoms with Gasteiger partial charge in [-0.05, 0) is 31.6 Å². The van der Waals surface area contributed by atoms with Gasteiger partial charge in [0.15, 0.2) is 0 Å². The summed E-state index contributed by atoms with van der Waals surface area (Å²) < 4.78 is 5.29. The number of rotatable bonds is 6. The maximum atomic E-state index is 11.8. The van der Waals surface area contributed by atoms with E-state index in [2.05, 4.69) is 0 Å². The summed E-state index contributed by atoms with van der Waals surface area (Å²) >= 11 is 0. The molecule has 3 heteroatoms. The van der Waals surface area contributed by atoms with Gasteiger partial charge in [-0.2, -0.15) is 0 Å². The second-order valence-electron chi connectivity index (χ2n) is 4.23. The normalized spacial score (nSPS) is 16.8. The Morgan fingerprint density at radius 2 is 2.00 bits per heavy atom. The van der Waals surface area contributed by atoms with Crippen LogP contribution in [0.5, 0.6) is 0 Å². The molecule has 0 atom stereocenters. The van der Waals surface area contributed by atoms with Gasteiger partial charge in [0.1, 0.15) is 0 Å². The maximum Gasteiger partial charge on any atom is 0.313 e. The molecule has 0 bridgehead atoms. The van der Waals surface area contributed by atoms with Crippen LogP contribution >= 0.6 is 0 Å². The van der Waals surface area contributed by atoms with E-state index in [0.717, 1.165) is 12.8 Å². The number of carbonyl (C=O) groups is 1. The van der Waals surface area contributed by atoms with E-state index in [1.165, 1.54) is 12.8 Å². The Morgan fingerprint density at radius 3 is 2.36 bits per heavy atom. The molecule has 1 aliphatic carbocycles. The van der Waals surface area contributed by atoms with Crippen molar-refractivity contribution in [1.82, 2.24) is 0 Å². The van der Waals surface area contributed by atoms with E-state index in [-0.39, 0.29) is 5.97 Å². The summed E-state index contributed by atoms with van der Waals surface area (Å²) in [5.74, 6) is 0.528. The molecular formula is C11H21NO2. The van der Waals surface area contributed by atoms with E-state index in [4.69, 9.17) is 10.5 Å². The number of esters is 1. The fourth-order valence-electron chi connectivity index (χ4n) is 1.54. The molecule has 0 aliphatic heterocycles. The highest BCUT2D eigenvalue weighted by Crippen LogP contribution is 2.31. The van der Waals surface area contributed by atoms with E-state index in [0.29, 0.717) is 19.1 Å². The lowest BCUT2D eigenvalue weighted by molar-refractivity contribution is -0.156. The monoisotopic (exact) mass is 199 g/mol. The lowest BCUT2D eigenvalue weighted by atomic mass is 9.82. The van der Waals surface area contributed by atoms with Gasteiger partial charge < -0.3 is 10.5 Å². The minimum atomic E-state index is -0.436. The van der Waals surface area contributed by atoms with Crippen LogP contribution in [-0.4, -0.2) is 19.1 Å². The second kappa shape index (κ2) is 4.78. The Morgan fingerprint density at radius 1 is 1.43 bits per heavy atom. The molecular weight excluding hydrogens is 178 g/mol. The molecule has 0 unspecified atom stereocenters. The summed E-state index contributed by atoms with van der Waals surface area (Å²) in [6.45, 7) is 4.98. The molecule has 82 valence electrons. The quantitative estimate of drug-likeness (QED) is 0.662. The standard InChI is InChI=1S/C11H21NO2/c1-3-11(4-2,8-12)10(13)14-7-9-5-6-9/h9H,3-8,12H2,1-2H3. The third-order valence-corrected chi connectivity index (χ3v) is 3.32. The number of carbonyl (C=O) groups excluding carboxylic acids is 1. The molecule has 3 nitrogen and oxygen atoms in total. The predicted molar refractivity (Wildman–Crippen MR) is 55.8 cm³/mol. The van der Waals surface area contributed by atoms with Crippen LogP contribution < -0.4 is 5.73 Å². The van der Waals surface area contributed by atoms with E-state index in [1.54, 1.807) is 0 Å². The fourth-order valence-corrected chi connectivity index (χ4v) is 1.54. The molecule has 1 fully saturated rings. The fraction of sp³-hybridized carbons (Fsp3) is 0.909. The molecule has 1 rings (SSSR count). The lowest BCUT2D eigenvalue weighted by Crippen LogP contribution is -2.39. The van der Waals surface area contributed by atoms with E-state index in [1.807, 2.05) is 13.8 Å². The van der Waals surface area contributed by atoms with Crippen LogP contribution in [0.15, 0.2) is 0 Å². The van der Waals surface area contributed by atoms with Gasteiger partial charge in [0.25, 0.3) is 0 Å². The Kier molecular flexibility index (Phi) is 3.93. The summed E-state index contributed by atoms with van der Waals surface area (Å²) in [6, 6.07) is 0. The second-order valence-corrected chi connectivity index (χ2v) is 4.23. The van der Waals surface area contributed by atoms with Gasteiger partial charge in [0.2, 0.25) is 0 Å². The zero-order chi connectivity index (χ0) is 10.6. The third-order valence-electron chi connectivity index (χ3n) is 3.32. The number of hydrogen-bond donors (Lipinski definition) is 1. The molecule has 0 saturated heterocycles. The highest BCUT2D eigenvalue weighted by atomic mass is 16.5. The van der Waals surface area contributed by atoms with Gasteiger partial charge in [-0.25, -0.2) is 0 Å². The van der Waals surface area contributed by atoms with Crippen LogP contribution in [0.3, 0.4) is 0 Å². The van der Waals surface area contributed by atoms with E-state index in [9.17, 15) is 4.79 Å². The molecule has 0 amide bonds. The first-order valence-corrected chi connectivity index (χ1v) is 5.55. The van der Waals surface area contributed by atoms with Gasteiger partial charge in [-0.1, -0.05) is 13.8 Å². The van der Waals surface area contributed by atoms with E-state index >= 15 is 0 Å². The van der Waals surface area contributed by atoms with Crippen molar-refractivity contribution in [3.8, 4) is 0 Å². The first-order valence-electron chi connectivity index (χ1n) is 5.55. The summed E-state index contributed by atoms with van der Waals surface area (Å²) in [5.41, 5.74) is 5.22. The Balaban J connectivity index is 2.43. The van der Waals surface area contributed by atoms with Gasteiger partial charge in [0.05, 0.1) is 12.0 Å². The maximum absolute atomic E-state index is 11.8. The Labute approximate surface area is 86.0 Å². The molecule has 1 saturated carbocycles. The minimum absolute atomic E-state index is 0.100. The number of hydrogen-bond acceptors (Lipinski definition) is 3. The molecule has 2 N–H and O–H groups in total. The molecule has 0 aromatic heterocycles. The van der Waals surface area contributed by atoms with Crippen molar-refractivity contribution in [2.75, 3.05) is 13.2 Å². The molecule has 0 aromatic rings. The molecule has 0 heterocycles. The van der Waals surface area contributed by atoms with Gasteiger partial charge in [-0.15, -0.1) is 0 Å². The molecule has 1 aliphatic rings. The van der Waals surface area contributed by atoms with Crippen molar-refractivity contribution >= 4 is 5.97 Å². The van der Waals surface area contributed by atoms with Gasteiger partial charge >= 0.3 is 5.97 Å². The zero-order valence-electron chi connectivity index (χ0n) is 9.21. The lowest BCUT2D eigenvalue weighted by Gasteiger charge is -2.27. The summed E-state index contributed by atoms with van der Waals surface area (Å²) in [7, 11) is 0. The predicted octanol–water partition coefficient (Wildman–Crippen LogP) is 1.70. The Bertz CT molecular complexity index is 187. The topological polar surface area (TPSA) is 52.3 Å². The Hall–Kier alpha value is -0.570. The largest absolute Gasteiger partial charge is 0.465 e. The molecule has 0 aromatic carbocycles. The zero-order valence-corrected chi connectivity index (χ0v) is 9.21. The smallest absolute Gasteiger partial charge is 0.313 e. The third kappa shape index (κ3) is 2.47. The highest BCUT2D eigenvalue weighted by molar-refractivity contribution is 5.77. The van der Waals surface area contributed by atoms with E-state index < -0.39 is 5.41 Å². The minimum Gasteiger partial charge on any atom is -0.465 e. The van der Waals surface area contributed by atoms with Gasteiger partial charge in [0, 0.05) is 6.54 Å². The van der Waals surface area contributed by atoms with Crippen molar-refractivity contribution in [3.63, 3.8) is 0 Å². The molecule has 14 heavy (non-hydrogen) atoms. The van der Waals surface area contributed by atoms with Crippen molar-refractivity contribution in [1.29, 1.82) is 0 Å². The first kappa shape index (κ1) is 11.5. The summed E-state index contributed by atoms with van der Waals surface area (Å²) in [4.78, 5) is 11.8. The van der Waals surface area contributed by atoms with Crippen LogP contribution in [0.2, 0.25) is 0 Å². The average molecular weight is 199 g/mol. The average Bonchev–Trinajstić information content (AvgIpc) is 3.02. The van der Waals surface area contributed by atoms with Crippen molar-refractivity contribution < 1.29 is 9.53 Å². The molecule has 0 radical (unpaired) electrons.